The summed E-state index contributed by atoms with van der Waals surface area (Å²) in [6, 6.07) is 0. The van der Waals surface area contributed by atoms with Crippen LogP contribution in [0.2, 0.25) is 0 Å². The first-order chi connectivity index (χ1) is 24.3. The van der Waals surface area contributed by atoms with E-state index in [0.29, 0.717) is 30.0 Å². The summed E-state index contributed by atoms with van der Waals surface area (Å²) in [7, 11) is 0. The monoisotopic (exact) mass is 712 g/mol. The minimum absolute atomic E-state index is 0. The van der Waals surface area contributed by atoms with Crippen LogP contribution < -0.4 is 25.7 Å². The molecule has 3 aliphatic rings. The number of carbonyl (C=O) groups excluding carboxylic acids is 1. The molecule has 1 fully saturated rings. The maximum absolute atomic E-state index is 13.1. The van der Waals surface area contributed by atoms with Crippen molar-refractivity contribution in [1.82, 2.24) is 15.0 Å². The molecule has 3 aromatic rings. The number of aromatic nitrogens is 3. The second-order valence-corrected chi connectivity index (χ2v) is 15.2. The SMILES string of the molecule is CCc1c(C)/c2[n-]/c1=C\c1[n-]c3c(c1C)C[C@H](C(=O)O)/C3=C1/[N-]/C(=C\c3[n-]c(c(C)c3C)\C=2)[C@@H](C)[C@@H]1CCC(=O)OC/C=C(/C)CCCC(C)C.[Mg+2]. The van der Waals surface area contributed by atoms with Crippen LogP contribution in [0.5, 0.6) is 0 Å². The number of aliphatic carboxylic acids is 1. The quantitative estimate of drug-likeness (QED) is 0.134. The molecule has 272 valence electrons. The molecular weight excluding hydrogens is 661 g/mol. The van der Waals surface area contributed by atoms with E-state index in [0.717, 1.165) is 86.3 Å². The standard InChI is InChI=1S/C43H52N4O4.Mg/c1-10-29-26(7)35-19-33-24(5)25(6)34(44-33)20-36-27(8)30(14-15-39(48)51-17-16-23(4)13-11-12-22(2)3)41(46-36)40-32(43(49)50)18-31-28(9)37(47-42(31)40)21-38(29)45-35;/h16,19-22,27,30,32H,10-15,17-18H2,1-9H3,(H,49,50);/q-4;+2/b23-16-,35-19-,36-20-,38-21-,41-40-;/t27-,30-,32-;/m0./s1. The zero-order chi connectivity index (χ0) is 36.7. The van der Waals surface area contributed by atoms with Gasteiger partial charge in [-0.2, -0.15) is 11.4 Å². The number of carboxylic acid groups (broad SMARTS) is 1. The van der Waals surface area contributed by atoms with Gasteiger partial charge in [-0.15, -0.1) is 33.5 Å². The fourth-order valence-corrected chi connectivity index (χ4v) is 7.99. The molecular formula is C43H52MgN4O4-2. The number of fused-ring (bicyclic) bond motifs is 7. The van der Waals surface area contributed by atoms with Gasteiger partial charge in [-0.3, -0.25) is 9.59 Å². The van der Waals surface area contributed by atoms with Gasteiger partial charge >= 0.3 is 35.0 Å². The molecule has 3 aromatic heterocycles. The molecule has 0 radical (unpaired) electrons. The van der Waals surface area contributed by atoms with Crippen LogP contribution in [-0.4, -0.2) is 46.7 Å². The fraction of sp³-hybridized carbons (Fsp3) is 0.488. The number of nitrogens with zero attached hydrogens (tertiary/aromatic N) is 4. The number of hydrogen-bond acceptors (Lipinski definition) is 3. The summed E-state index contributed by atoms with van der Waals surface area (Å²) in [5, 5.41) is 17.6. The molecule has 1 aliphatic carbocycles. The third-order valence-electron chi connectivity index (χ3n) is 11.4. The summed E-state index contributed by atoms with van der Waals surface area (Å²) in [6.07, 6.45) is 13.4. The van der Waals surface area contributed by atoms with Crippen molar-refractivity contribution in [2.75, 3.05) is 6.61 Å². The van der Waals surface area contributed by atoms with E-state index in [1.165, 1.54) is 17.6 Å². The number of carbonyl (C=O) groups is 2. The first-order valence-corrected chi connectivity index (χ1v) is 18.7. The van der Waals surface area contributed by atoms with E-state index in [-0.39, 0.29) is 53.9 Å². The van der Waals surface area contributed by atoms with Crippen molar-refractivity contribution in [2.45, 2.75) is 107 Å². The van der Waals surface area contributed by atoms with E-state index in [1.807, 2.05) is 19.1 Å². The molecule has 3 atom stereocenters. The third kappa shape index (κ3) is 7.67. The van der Waals surface area contributed by atoms with Crippen LogP contribution in [0.3, 0.4) is 0 Å². The summed E-state index contributed by atoms with van der Waals surface area (Å²) >= 11 is 0. The Morgan fingerprint density at radius 3 is 2.29 bits per heavy atom. The number of ether oxygens (including phenoxy) is 1. The average molecular weight is 713 g/mol. The number of esters is 1. The van der Waals surface area contributed by atoms with Gasteiger partial charge in [0.05, 0.1) is 5.92 Å². The van der Waals surface area contributed by atoms with Crippen molar-refractivity contribution in [1.29, 1.82) is 0 Å². The van der Waals surface area contributed by atoms with Crippen LogP contribution in [0.1, 0.15) is 123 Å². The molecule has 9 heteroatoms. The molecule has 0 amide bonds. The number of allylic oxidation sites excluding steroid dienone is 3. The van der Waals surface area contributed by atoms with Crippen LogP contribution in [0, 0.1) is 51.4 Å². The van der Waals surface area contributed by atoms with Gasteiger partial charge in [-0.05, 0) is 90.6 Å². The van der Waals surface area contributed by atoms with Gasteiger partial charge in [0.15, 0.2) is 0 Å². The van der Waals surface area contributed by atoms with Crippen LogP contribution in [0.25, 0.3) is 29.1 Å². The zero-order valence-corrected chi connectivity index (χ0v) is 33.9. The van der Waals surface area contributed by atoms with Gasteiger partial charge in [0.25, 0.3) is 0 Å². The van der Waals surface area contributed by atoms with Gasteiger partial charge in [-0.25, -0.2) is 0 Å². The predicted molar refractivity (Wildman–Crippen MR) is 208 cm³/mol. The van der Waals surface area contributed by atoms with Crippen LogP contribution in [0.4, 0.5) is 0 Å². The summed E-state index contributed by atoms with van der Waals surface area (Å²) < 4.78 is 5.66. The van der Waals surface area contributed by atoms with Crippen molar-refractivity contribution < 1.29 is 19.4 Å². The van der Waals surface area contributed by atoms with Gasteiger partial charge < -0.3 is 30.1 Å². The summed E-state index contributed by atoms with van der Waals surface area (Å²) in [5.41, 5.74) is 13.1. The molecule has 8 nitrogen and oxygen atoms in total. The second kappa shape index (κ2) is 16.1. The van der Waals surface area contributed by atoms with Gasteiger partial charge in [0.1, 0.15) is 6.61 Å². The van der Waals surface area contributed by atoms with Crippen LogP contribution >= 0.6 is 0 Å². The number of rotatable bonds is 11. The Bertz CT molecular complexity index is 2090. The van der Waals surface area contributed by atoms with Crippen molar-refractivity contribution in [3.05, 3.63) is 95.2 Å². The summed E-state index contributed by atoms with van der Waals surface area (Å²) in [5.74, 6) is -1.50. The van der Waals surface area contributed by atoms with Crippen molar-refractivity contribution in [3.63, 3.8) is 0 Å². The van der Waals surface area contributed by atoms with E-state index < -0.39 is 11.9 Å². The summed E-state index contributed by atoms with van der Waals surface area (Å²) in [6.45, 7) is 19.4. The Labute approximate surface area is 324 Å². The van der Waals surface area contributed by atoms with Crippen LogP contribution in [0.15, 0.2) is 23.0 Å². The molecule has 0 saturated carbocycles. The van der Waals surface area contributed by atoms with Crippen molar-refractivity contribution >= 4 is 58.8 Å². The minimum Gasteiger partial charge on any atom is -0.664 e. The first kappa shape index (κ1) is 39.5. The Balaban J connectivity index is 0.00000523. The molecule has 52 heavy (non-hydrogen) atoms. The van der Waals surface area contributed by atoms with Gasteiger partial charge in [0, 0.05) is 6.42 Å². The number of carboxylic acids is 1. The Morgan fingerprint density at radius 2 is 1.62 bits per heavy atom. The Kier molecular flexibility index (Phi) is 12.3. The zero-order valence-electron chi connectivity index (χ0n) is 32.4. The number of hydrogen-bond donors (Lipinski definition) is 1. The maximum atomic E-state index is 13.1. The van der Waals surface area contributed by atoms with E-state index in [4.69, 9.17) is 25.0 Å². The van der Waals surface area contributed by atoms with Crippen molar-refractivity contribution in [2.24, 2.45) is 23.7 Å². The predicted octanol–water partition coefficient (Wildman–Crippen LogP) is 6.69. The van der Waals surface area contributed by atoms with Gasteiger partial charge in [-0.1, -0.05) is 96.9 Å². The molecule has 0 spiro atoms. The van der Waals surface area contributed by atoms with Gasteiger partial charge in [0.2, 0.25) is 0 Å². The summed E-state index contributed by atoms with van der Waals surface area (Å²) in [4.78, 5) is 41.2. The molecule has 5 heterocycles. The molecule has 0 unspecified atom stereocenters. The first-order valence-electron chi connectivity index (χ1n) is 18.7. The molecule has 6 rings (SSSR count). The van der Waals surface area contributed by atoms with Crippen molar-refractivity contribution in [3.8, 4) is 0 Å². The molecule has 8 bridgehead atoms. The minimum atomic E-state index is -0.889. The normalized spacial score (nSPS) is 22.9. The molecule has 1 N–H and O–H groups in total. The largest absolute Gasteiger partial charge is 2.00 e. The molecule has 1 saturated heterocycles. The van der Waals surface area contributed by atoms with E-state index >= 15 is 0 Å². The second-order valence-electron chi connectivity index (χ2n) is 15.2. The average Bonchev–Trinajstić information content (AvgIpc) is 3.83. The molecule has 0 aromatic carbocycles. The fourth-order valence-electron chi connectivity index (χ4n) is 7.99. The third-order valence-corrected chi connectivity index (χ3v) is 11.4. The Hall–Kier alpha value is -3.69. The Morgan fingerprint density at radius 1 is 0.942 bits per heavy atom. The van der Waals surface area contributed by atoms with E-state index in [2.05, 4.69) is 67.5 Å². The topological polar surface area (TPSA) is 120 Å². The smallest absolute Gasteiger partial charge is 0.664 e. The van der Waals surface area contributed by atoms with E-state index in [9.17, 15) is 14.7 Å². The van der Waals surface area contributed by atoms with E-state index in [1.54, 1.807) is 0 Å². The molecule has 2 aliphatic heterocycles. The van der Waals surface area contributed by atoms with Crippen LogP contribution in [-0.2, 0) is 27.2 Å². The maximum Gasteiger partial charge on any atom is 2.00 e.